The highest BCUT2D eigenvalue weighted by atomic mass is 32.1. The van der Waals surface area contributed by atoms with E-state index in [1.165, 1.54) is 11.3 Å². The van der Waals surface area contributed by atoms with Gasteiger partial charge in [0.15, 0.2) is 0 Å². The van der Waals surface area contributed by atoms with E-state index in [9.17, 15) is 4.79 Å². The molecule has 3 rings (SSSR count). The number of thiophene rings is 1. The maximum atomic E-state index is 12.3. The third-order valence-electron chi connectivity index (χ3n) is 3.74. The van der Waals surface area contributed by atoms with E-state index in [-0.39, 0.29) is 12.0 Å². The first-order valence-electron chi connectivity index (χ1n) is 7.12. The van der Waals surface area contributed by atoms with Crippen LogP contribution in [0.1, 0.15) is 33.8 Å². The summed E-state index contributed by atoms with van der Waals surface area (Å²) in [5.41, 5.74) is 8.68. The quantitative estimate of drug-likeness (QED) is 0.913. The van der Waals surface area contributed by atoms with Crippen molar-refractivity contribution >= 4 is 33.1 Å². The highest BCUT2D eigenvalue weighted by Crippen LogP contribution is 2.34. The van der Waals surface area contributed by atoms with Gasteiger partial charge in [-0.1, -0.05) is 0 Å². The molecule has 6 heteroatoms. The lowest BCUT2D eigenvalue weighted by Gasteiger charge is -2.10. The van der Waals surface area contributed by atoms with Crippen LogP contribution >= 0.6 is 11.3 Å². The van der Waals surface area contributed by atoms with Crippen LogP contribution in [-0.2, 0) is 4.74 Å². The molecule has 2 aromatic rings. The number of ether oxygens (including phenoxy) is 1. The number of nitrogens with two attached hydrogens (primary N) is 1. The number of aryl methyl sites for hydroxylation is 2. The van der Waals surface area contributed by atoms with Crippen LogP contribution in [0.4, 0.5) is 5.69 Å². The smallest absolute Gasteiger partial charge is 0.263 e. The molecule has 3 heterocycles. The van der Waals surface area contributed by atoms with Crippen molar-refractivity contribution < 1.29 is 9.53 Å². The van der Waals surface area contributed by atoms with E-state index in [1.54, 1.807) is 0 Å². The number of hydrogen-bond acceptors (Lipinski definition) is 5. The molecule has 1 fully saturated rings. The minimum Gasteiger partial charge on any atom is -0.397 e. The van der Waals surface area contributed by atoms with Gasteiger partial charge < -0.3 is 15.8 Å². The fraction of sp³-hybridized carbons (Fsp3) is 0.467. The summed E-state index contributed by atoms with van der Waals surface area (Å²) in [4.78, 5) is 18.2. The van der Waals surface area contributed by atoms with Gasteiger partial charge >= 0.3 is 0 Å². The molecule has 0 spiro atoms. The number of anilines is 1. The molecule has 1 amide bonds. The van der Waals surface area contributed by atoms with E-state index in [2.05, 4.69) is 10.3 Å². The molecule has 112 valence electrons. The van der Waals surface area contributed by atoms with E-state index in [0.29, 0.717) is 17.1 Å². The van der Waals surface area contributed by atoms with Crippen LogP contribution in [0.5, 0.6) is 0 Å². The topological polar surface area (TPSA) is 77.2 Å². The van der Waals surface area contributed by atoms with E-state index >= 15 is 0 Å². The van der Waals surface area contributed by atoms with Gasteiger partial charge in [-0.15, -0.1) is 11.3 Å². The predicted molar refractivity (Wildman–Crippen MR) is 84.8 cm³/mol. The minimum absolute atomic E-state index is 0.131. The van der Waals surface area contributed by atoms with Gasteiger partial charge in [-0.05, 0) is 38.3 Å². The number of nitrogens with zero attached hydrogens (tertiary/aromatic N) is 1. The van der Waals surface area contributed by atoms with Crippen LogP contribution in [0.2, 0.25) is 0 Å². The summed E-state index contributed by atoms with van der Waals surface area (Å²) >= 11 is 1.35. The van der Waals surface area contributed by atoms with Crippen LogP contribution < -0.4 is 11.1 Å². The number of hydrogen-bond donors (Lipinski definition) is 2. The number of pyridine rings is 1. The van der Waals surface area contributed by atoms with Crippen LogP contribution in [0.3, 0.4) is 0 Å². The second kappa shape index (κ2) is 5.61. The van der Waals surface area contributed by atoms with Crippen LogP contribution in [-0.4, -0.2) is 30.1 Å². The van der Waals surface area contributed by atoms with E-state index in [0.717, 1.165) is 40.9 Å². The first-order chi connectivity index (χ1) is 10.1. The summed E-state index contributed by atoms with van der Waals surface area (Å²) in [6.07, 6.45) is 2.20. The summed E-state index contributed by atoms with van der Waals surface area (Å²) in [7, 11) is 0. The Morgan fingerprint density at radius 3 is 3.10 bits per heavy atom. The van der Waals surface area contributed by atoms with Gasteiger partial charge in [0.25, 0.3) is 5.91 Å². The second-order valence-corrected chi connectivity index (χ2v) is 6.45. The predicted octanol–water partition coefficient (Wildman–Crippen LogP) is 2.40. The Bertz CT molecular complexity index is 690. The van der Waals surface area contributed by atoms with Gasteiger partial charge in [0, 0.05) is 24.2 Å². The standard InChI is InChI=1S/C15H19N3O2S/c1-8-6-9(2)18-15-11(8)12(16)13(21-15)14(19)17-7-10-4-3-5-20-10/h6,10H,3-5,7,16H2,1-2H3,(H,17,19)/t10-/m1/s1. The van der Waals surface area contributed by atoms with Gasteiger partial charge in [-0.3, -0.25) is 4.79 Å². The number of rotatable bonds is 3. The molecule has 1 saturated heterocycles. The summed E-state index contributed by atoms with van der Waals surface area (Å²) < 4.78 is 5.51. The molecule has 1 aliphatic heterocycles. The molecule has 2 aromatic heterocycles. The molecule has 0 bridgehead atoms. The van der Waals surface area contributed by atoms with Gasteiger partial charge in [-0.25, -0.2) is 4.98 Å². The molecular formula is C15H19N3O2S. The monoisotopic (exact) mass is 305 g/mol. The molecule has 0 aromatic carbocycles. The molecule has 21 heavy (non-hydrogen) atoms. The van der Waals surface area contributed by atoms with Gasteiger partial charge in [0.1, 0.15) is 9.71 Å². The summed E-state index contributed by atoms with van der Waals surface area (Å²) in [6.45, 7) is 5.26. The third-order valence-corrected chi connectivity index (χ3v) is 4.84. The van der Waals surface area contributed by atoms with Crippen molar-refractivity contribution in [3.63, 3.8) is 0 Å². The lowest BCUT2D eigenvalue weighted by Crippen LogP contribution is -2.31. The number of carbonyl (C=O) groups is 1. The van der Waals surface area contributed by atoms with Crippen molar-refractivity contribution in [1.29, 1.82) is 0 Å². The molecule has 3 N–H and O–H groups in total. The Morgan fingerprint density at radius 1 is 1.57 bits per heavy atom. The van der Waals surface area contributed by atoms with E-state index < -0.39 is 0 Å². The van der Waals surface area contributed by atoms with Crippen molar-refractivity contribution in [1.82, 2.24) is 10.3 Å². The molecule has 0 saturated carbocycles. The number of nitrogen functional groups attached to an aromatic ring is 1. The number of aromatic nitrogens is 1. The number of carbonyl (C=O) groups excluding carboxylic acids is 1. The van der Waals surface area contributed by atoms with Gasteiger partial charge in [-0.2, -0.15) is 0 Å². The highest BCUT2D eigenvalue weighted by molar-refractivity contribution is 7.21. The van der Waals surface area contributed by atoms with Crippen molar-refractivity contribution in [3.05, 3.63) is 22.2 Å². The molecule has 1 atom stereocenters. The van der Waals surface area contributed by atoms with Gasteiger partial charge in [0.05, 0.1) is 11.8 Å². The molecule has 0 aliphatic carbocycles. The van der Waals surface area contributed by atoms with Crippen molar-refractivity contribution in [2.24, 2.45) is 0 Å². The van der Waals surface area contributed by atoms with E-state index in [1.807, 2.05) is 19.9 Å². The zero-order valence-corrected chi connectivity index (χ0v) is 13.0. The maximum absolute atomic E-state index is 12.3. The van der Waals surface area contributed by atoms with Crippen LogP contribution in [0, 0.1) is 13.8 Å². The molecule has 0 radical (unpaired) electrons. The normalized spacial score (nSPS) is 18.3. The maximum Gasteiger partial charge on any atom is 0.263 e. The summed E-state index contributed by atoms with van der Waals surface area (Å²) in [5.74, 6) is -0.136. The number of fused-ring (bicyclic) bond motifs is 1. The Balaban J connectivity index is 1.84. The van der Waals surface area contributed by atoms with Crippen LogP contribution in [0.25, 0.3) is 10.2 Å². The summed E-state index contributed by atoms with van der Waals surface area (Å²) in [5, 5.41) is 3.81. The van der Waals surface area contributed by atoms with Crippen molar-refractivity contribution in [2.75, 3.05) is 18.9 Å². The molecule has 5 nitrogen and oxygen atoms in total. The van der Waals surface area contributed by atoms with Gasteiger partial charge in [0.2, 0.25) is 0 Å². The Hall–Kier alpha value is -1.66. The fourth-order valence-corrected chi connectivity index (χ4v) is 3.86. The Morgan fingerprint density at radius 2 is 2.38 bits per heavy atom. The molecular weight excluding hydrogens is 286 g/mol. The minimum atomic E-state index is -0.136. The average Bonchev–Trinajstić information content (AvgIpc) is 3.04. The zero-order chi connectivity index (χ0) is 15.0. The van der Waals surface area contributed by atoms with E-state index in [4.69, 9.17) is 10.5 Å². The lowest BCUT2D eigenvalue weighted by molar-refractivity contribution is 0.0862. The number of nitrogens with one attached hydrogen (secondary N) is 1. The fourth-order valence-electron chi connectivity index (χ4n) is 2.73. The Labute approximate surface area is 127 Å². The SMILES string of the molecule is Cc1cc(C)c2c(N)c(C(=O)NC[C@H]3CCCO3)sc2n1. The van der Waals surface area contributed by atoms with Crippen LogP contribution in [0.15, 0.2) is 6.07 Å². The lowest BCUT2D eigenvalue weighted by atomic mass is 10.1. The zero-order valence-electron chi connectivity index (χ0n) is 12.2. The second-order valence-electron chi connectivity index (χ2n) is 5.45. The third kappa shape index (κ3) is 2.73. The Kier molecular flexibility index (Phi) is 3.82. The largest absolute Gasteiger partial charge is 0.397 e. The average molecular weight is 305 g/mol. The summed E-state index contributed by atoms with van der Waals surface area (Å²) in [6, 6.07) is 1.99. The number of amides is 1. The molecule has 0 unspecified atom stereocenters. The molecule has 1 aliphatic rings. The first-order valence-corrected chi connectivity index (χ1v) is 7.94. The van der Waals surface area contributed by atoms with Crippen molar-refractivity contribution in [2.45, 2.75) is 32.8 Å². The van der Waals surface area contributed by atoms with Crippen molar-refractivity contribution in [3.8, 4) is 0 Å². The first kappa shape index (κ1) is 14.3. The highest BCUT2D eigenvalue weighted by Gasteiger charge is 2.21.